The van der Waals surface area contributed by atoms with Gasteiger partial charge >= 0.3 is 0 Å². The van der Waals surface area contributed by atoms with E-state index in [1.165, 1.54) is 20.4 Å². The number of rotatable bonds is 2. The van der Waals surface area contributed by atoms with Crippen LogP contribution in [0.1, 0.15) is 0 Å². The van der Waals surface area contributed by atoms with Gasteiger partial charge in [0.05, 0.1) is 20.4 Å². The van der Waals surface area contributed by atoms with Gasteiger partial charge in [-0.15, -0.1) is 0 Å². The monoisotopic (exact) mass is 191 g/mol. The van der Waals surface area contributed by atoms with Gasteiger partial charge < -0.3 is 9.47 Å². The van der Waals surface area contributed by atoms with Crippen molar-refractivity contribution >= 4 is 11.2 Å². The van der Waals surface area contributed by atoms with Crippen LogP contribution in [-0.2, 0) is 0 Å². The van der Waals surface area contributed by atoms with E-state index >= 15 is 0 Å². The minimum Gasteiger partial charge on any atom is -0.477 e. The molecule has 0 atom stereocenters. The predicted octanol–water partition coefficient (Wildman–Crippen LogP) is 0.237. The van der Waals surface area contributed by atoms with Crippen LogP contribution in [0.3, 0.4) is 0 Å². The van der Waals surface area contributed by atoms with Crippen LogP contribution in [-0.4, -0.2) is 34.2 Å². The third-order valence-corrected chi connectivity index (χ3v) is 1.63. The van der Waals surface area contributed by atoms with Crippen LogP contribution in [0.15, 0.2) is 6.20 Å². The lowest BCUT2D eigenvalue weighted by atomic mass is 10.5. The molecular weight excluding hydrogens is 184 g/mol. The Kier molecular flexibility index (Phi) is 2.10. The van der Waals surface area contributed by atoms with Crippen molar-refractivity contribution in [3.05, 3.63) is 12.5 Å². The Bertz CT molecular complexity index is 418. The fourth-order valence-electron chi connectivity index (χ4n) is 1.01. The van der Waals surface area contributed by atoms with Crippen LogP contribution in [0.25, 0.3) is 11.2 Å². The molecule has 0 aromatic carbocycles. The van der Waals surface area contributed by atoms with Crippen molar-refractivity contribution in [3.8, 4) is 11.8 Å². The molecule has 2 aromatic heterocycles. The molecule has 6 heteroatoms. The molecule has 0 aliphatic carbocycles. The highest BCUT2D eigenvalue weighted by molar-refractivity contribution is 5.69. The molecule has 0 aliphatic rings. The zero-order chi connectivity index (χ0) is 9.97. The summed E-state index contributed by atoms with van der Waals surface area (Å²) in [6.45, 7) is 0. The van der Waals surface area contributed by atoms with Gasteiger partial charge in [0, 0.05) is 0 Å². The van der Waals surface area contributed by atoms with Gasteiger partial charge in [0.15, 0.2) is 12.0 Å². The largest absolute Gasteiger partial charge is 0.477 e. The van der Waals surface area contributed by atoms with Gasteiger partial charge in [0.25, 0.3) is 11.8 Å². The summed E-state index contributed by atoms with van der Waals surface area (Å²) >= 11 is 0. The van der Waals surface area contributed by atoms with Crippen molar-refractivity contribution in [1.82, 2.24) is 19.9 Å². The molecule has 0 saturated carbocycles. The summed E-state index contributed by atoms with van der Waals surface area (Å²) in [7, 11) is 2.98. The number of hydrogen-bond donors (Lipinski definition) is 0. The molecular formula is C8H7N4O2. The highest BCUT2D eigenvalue weighted by atomic mass is 16.5. The maximum atomic E-state index is 4.98. The normalized spacial score (nSPS) is 10.1. The van der Waals surface area contributed by atoms with E-state index in [0.29, 0.717) is 22.9 Å². The van der Waals surface area contributed by atoms with Crippen molar-refractivity contribution in [1.29, 1.82) is 0 Å². The molecule has 1 radical (unpaired) electrons. The van der Waals surface area contributed by atoms with Gasteiger partial charge in [-0.25, -0.2) is 15.0 Å². The Morgan fingerprint density at radius 1 is 1.14 bits per heavy atom. The third-order valence-electron chi connectivity index (χ3n) is 1.63. The summed E-state index contributed by atoms with van der Waals surface area (Å²) in [5, 5.41) is 0. The highest BCUT2D eigenvalue weighted by Crippen LogP contribution is 2.22. The van der Waals surface area contributed by atoms with Crippen molar-refractivity contribution in [3.63, 3.8) is 0 Å². The molecule has 0 amide bonds. The summed E-state index contributed by atoms with van der Waals surface area (Å²) < 4.78 is 9.95. The van der Waals surface area contributed by atoms with E-state index in [4.69, 9.17) is 9.47 Å². The van der Waals surface area contributed by atoms with Gasteiger partial charge in [-0.05, 0) is 0 Å². The van der Waals surface area contributed by atoms with E-state index in [0.717, 1.165) is 0 Å². The average Bonchev–Trinajstić information content (AvgIpc) is 2.27. The molecule has 2 aromatic rings. The summed E-state index contributed by atoms with van der Waals surface area (Å²) in [5.41, 5.74) is 0.971. The van der Waals surface area contributed by atoms with E-state index in [1.807, 2.05) is 0 Å². The number of methoxy groups -OCH3 is 2. The second-order valence-corrected chi connectivity index (χ2v) is 2.42. The number of nitrogens with zero attached hydrogens (tertiary/aromatic N) is 4. The zero-order valence-corrected chi connectivity index (χ0v) is 7.68. The molecule has 0 saturated heterocycles. The van der Waals surface area contributed by atoms with Gasteiger partial charge in [-0.3, -0.25) is 0 Å². The number of fused-ring (bicyclic) bond motifs is 1. The Labute approximate surface area is 79.9 Å². The first-order chi connectivity index (χ1) is 6.85. The average molecular weight is 191 g/mol. The fraction of sp³-hybridized carbons (Fsp3) is 0.250. The van der Waals surface area contributed by atoms with Crippen LogP contribution in [0, 0.1) is 6.33 Å². The SMILES string of the molecule is COc1nc2cn[c]nc2nc1OC. The van der Waals surface area contributed by atoms with Crippen molar-refractivity contribution in [2.24, 2.45) is 0 Å². The maximum absolute atomic E-state index is 4.98. The molecule has 2 heterocycles. The molecule has 71 valence electrons. The van der Waals surface area contributed by atoms with Crippen molar-refractivity contribution in [2.75, 3.05) is 14.2 Å². The van der Waals surface area contributed by atoms with E-state index in [1.54, 1.807) is 0 Å². The fourth-order valence-corrected chi connectivity index (χ4v) is 1.01. The van der Waals surface area contributed by atoms with Crippen molar-refractivity contribution in [2.45, 2.75) is 0 Å². The number of aromatic nitrogens is 4. The predicted molar refractivity (Wildman–Crippen MR) is 47.1 cm³/mol. The highest BCUT2D eigenvalue weighted by Gasteiger charge is 2.09. The molecule has 0 fully saturated rings. The minimum absolute atomic E-state index is 0.298. The first kappa shape index (κ1) is 8.61. The molecule has 6 nitrogen and oxygen atoms in total. The van der Waals surface area contributed by atoms with Crippen LogP contribution >= 0.6 is 0 Å². The number of hydrogen-bond acceptors (Lipinski definition) is 6. The van der Waals surface area contributed by atoms with E-state index in [9.17, 15) is 0 Å². The standard InChI is InChI=1S/C8H7N4O2/c1-13-7-8(14-2)12-6-5(11-7)3-9-4-10-6/h3H,1-2H3. The van der Waals surface area contributed by atoms with Crippen LogP contribution < -0.4 is 9.47 Å². The Morgan fingerprint density at radius 2 is 1.86 bits per heavy atom. The molecule has 0 bridgehead atoms. The second kappa shape index (κ2) is 3.41. The molecule has 0 unspecified atom stereocenters. The molecule has 0 spiro atoms. The van der Waals surface area contributed by atoms with Gasteiger partial charge in [0.1, 0.15) is 5.52 Å². The maximum Gasteiger partial charge on any atom is 0.279 e. The van der Waals surface area contributed by atoms with Gasteiger partial charge in [-0.1, -0.05) is 0 Å². The zero-order valence-electron chi connectivity index (χ0n) is 7.68. The molecule has 2 rings (SSSR count). The van der Waals surface area contributed by atoms with Crippen LogP contribution in [0.2, 0.25) is 0 Å². The first-order valence-electron chi connectivity index (χ1n) is 3.84. The Morgan fingerprint density at radius 3 is 2.57 bits per heavy atom. The second-order valence-electron chi connectivity index (χ2n) is 2.42. The third kappa shape index (κ3) is 1.30. The summed E-state index contributed by atoms with van der Waals surface area (Å²) in [5.74, 6) is 0.613. The number of ether oxygens (including phenoxy) is 2. The van der Waals surface area contributed by atoms with E-state index in [2.05, 4.69) is 26.3 Å². The van der Waals surface area contributed by atoms with Crippen LogP contribution in [0.4, 0.5) is 0 Å². The molecule has 0 aliphatic heterocycles. The van der Waals surface area contributed by atoms with Crippen LogP contribution in [0.5, 0.6) is 11.8 Å². The lowest BCUT2D eigenvalue weighted by molar-refractivity contribution is 0.334. The lowest BCUT2D eigenvalue weighted by Gasteiger charge is -2.04. The quantitative estimate of drug-likeness (QED) is 0.677. The lowest BCUT2D eigenvalue weighted by Crippen LogP contribution is -1.98. The minimum atomic E-state index is 0.298. The van der Waals surface area contributed by atoms with Gasteiger partial charge in [-0.2, -0.15) is 4.98 Å². The van der Waals surface area contributed by atoms with E-state index in [-0.39, 0.29) is 0 Å². The Balaban J connectivity index is 2.69. The first-order valence-corrected chi connectivity index (χ1v) is 3.84. The smallest absolute Gasteiger partial charge is 0.279 e. The summed E-state index contributed by atoms with van der Waals surface area (Å²) in [6.07, 6.45) is 3.94. The topological polar surface area (TPSA) is 70.0 Å². The summed E-state index contributed by atoms with van der Waals surface area (Å²) in [6, 6.07) is 0. The van der Waals surface area contributed by atoms with Gasteiger partial charge in [0.2, 0.25) is 0 Å². The van der Waals surface area contributed by atoms with Crippen molar-refractivity contribution < 1.29 is 9.47 Å². The molecule has 14 heavy (non-hydrogen) atoms. The summed E-state index contributed by atoms with van der Waals surface area (Å²) in [4.78, 5) is 15.7. The van der Waals surface area contributed by atoms with E-state index < -0.39 is 0 Å². The Hall–Kier alpha value is -1.98. The molecule has 0 N–H and O–H groups in total.